The molecule has 1 aromatic rings. The molecule has 1 saturated heterocycles. The third-order valence-corrected chi connectivity index (χ3v) is 3.75. The molecule has 21 heavy (non-hydrogen) atoms. The van der Waals surface area contributed by atoms with Gasteiger partial charge in [-0.25, -0.2) is 4.79 Å². The topological polar surface area (TPSA) is 32.3 Å². The van der Waals surface area contributed by atoms with Crippen molar-refractivity contribution in [2.45, 2.75) is 31.9 Å². The second-order valence-corrected chi connectivity index (χ2v) is 5.43. The van der Waals surface area contributed by atoms with Crippen LogP contribution < -0.4 is 5.32 Å². The Balaban J connectivity index is 2.10. The van der Waals surface area contributed by atoms with Crippen LogP contribution in [-0.2, 0) is 6.18 Å². The minimum absolute atomic E-state index is 0.0981. The number of nitrogens with zero attached hydrogens (tertiary/aromatic N) is 1. The highest BCUT2D eigenvalue weighted by molar-refractivity contribution is 6.31. The molecule has 2 amide bonds. The SMILES string of the molecule is O=C(Nc1ccc(Cl)c(C(F)(F)F)c1)N1CCCCCC1. The van der Waals surface area contributed by atoms with Gasteiger partial charge in [-0.3, -0.25) is 0 Å². The fraction of sp³-hybridized carbons (Fsp3) is 0.500. The number of carbonyl (C=O) groups is 1. The van der Waals surface area contributed by atoms with Gasteiger partial charge in [-0.1, -0.05) is 24.4 Å². The number of hydrogen-bond donors (Lipinski definition) is 1. The first kappa shape index (κ1) is 15.9. The molecule has 1 aromatic carbocycles. The number of alkyl halides is 3. The van der Waals surface area contributed by atoms with Crippen LogP contribution in [0.25, 0.3) is 0 Å². The van der Waals surface area contributed by atoms with Crippen LogP contribution in [0.5, 0.6) is 0 Å². The number of nitrogens with one attached hydrogen (secondary N) is 1. The standard InChI is InChI=1S/C14H16ClF3N2O/c15-12-6-5-10(9-11(12)14(16,17)18)19-13(21)20-7-3-1-2-4-8-20/h5-6,9H,1-4,7-8H2,(H,19,21). The van der Waals surface area contributed by atoms with Crippen molar-refractivity contribution < 1.29 is 18.0 Å². The van der Waals surface area contributed by atoms with E-state index in [4.69, 9.17) is 11.6 Å². The summed E-state index contributed by atoms with van der Waals surface area (Å²) < 4.78 is 38.3. The van der Waals surface area contributed by atoms with Gasteiger partial charge >= 0.3 is 12.2 Å². The Morgan fingerprint density at radius 1 is 1.14 bits per heavy atom. The second-order valence-electron chi connectivity index (χ2n) is 5.02. The van der Waals surface area contributed by atoms with E-state index in [0.29, 0.717) is 13.1 Å². The van der Waals surface area contributed by atoms with Crippen molar-refractivity contribution in [2.24, 2.45) is 0 Å². The van der Waals surface area contributed by atoms with Crippen molar-refractivity contribution in [3.63, 3.8) is 0 Å². The molecular weight excluding hydrogens is 305 g/mol. The summed E-state index contributed by atoms with van der Waals surface area (Å²) in [5, 5.41) is 2.13. The minimum Gasteiger partial charge on any atom is -0.325 e. The summed E-state index contributed by atoms with van der Waals surface area (Å²) in [6.45, 7) is 1.26. The van der Waals surface area contributed by atoms with Crippen LogP contribution in [0.1, 0.15) is 31.2 Å². The Bertz CT molecular complexity index is 511. The highest BCUT2D eigenvalue weighted by Crippen LogP contribution is 2.36. The van der Waals surface area contributed by atoms with E-state index in [0.717, 1.165) is 37.8 Å². The number of benzene rings is 1. The molecule has 1 N–H and O–H groups in total. The van der Waals surface area contributed by atoms with Crippen LogP contribution >= 0.6 is 11.6 Å². The van der Waals surface area contributed by atoms with E-state index in [9.17, 15) is 18.0 Å². The first-order valence-electron chi connectivity index (χ1n) is 6.80. The molecule has 0 saturated carbocycles. The number of anilines is 1. The fourth-order valence-corrected chi connectivity index (χ4v) is 2.52. The number of halogens is 4. The van der Waals surface area contributed by atoms with Gasteiger partial charge in [0.2, 0.25) is 0 Å². The lowest BCUT2D eigenvalue weighted by molar-refractivity contribution is -0.137. The summed E-state index contributed by atoms with van der Waals surface area (Å²) in [6, 6.07) is 3.00. The summed E-state index contributed by atoms with van der Waals surface area (Å²) >= 11 is 5.54. The summed E-state index contributed by atoms with van der Waals surface area (Å²) in [4.78, 5) is 13.7. The van der Waals surface area contributed by atoms with Crippen molar-refractivity contribution in [3.05, 3.63) is 28.8 Å². The van der Waals surface area contributed by atoms with Gasteiger partial charge in [-0.15, -0.1) is 0 Å². The maximum Gasteiger partial charge on any atom is 0.417 e. The Morgan fingerprint density at radius 2 is 1.76 bits per heavy atom. The number of hydrogen-bond acceptors (Lipinski definition) is 1. The molecule has 0 aromatic heterocycles. The van der Waals surface area contributed by atoms with E-state index >= 15 is 0 Å². The Labute approximate surface area is 126 Å². The second kappa shape index (κ2) is 6.56. The first-order valence-corrected chi connectivity index (χ1v) is 7.18. The largest absolute Gasteiger partial charge is 0.417 e. The highest BCUT2D eigenvalue weighted by atomic mass is 35.5. The number of likely N-dealkylation sites (tertiary alicyclic amines) is 1. The van der Waals surface area contributed by atoms with Gasteiger partial charge in [0.15, 0.2) is 0 Å². The summed E-state index contributed by atoms with van der Waals surface area (Å²) in [6.07, 6.45) is -0.560. The molecule has 0 atom stereocenters. The number of amides is 2. The van der Waals surface area contributed by atoms with E-state index in [1.54, 1.807) is 4.90 Å². The minimum atomic E-state index is -4.54. The maximum atomic E-state index is 12.8. The van der Waals surface area contributed by atoms with Gasteiger partial charge in [0.05, 0.1) is 10.6 Å². The zero-order chi connectivity index (χ0) is 15.5. The molecule has 2 rings (SSSR count). The van der Waals surface area contributed by atoms with Crippen LogP contribution in [0.4, 0.5) is 23.7 Å². The highest BCUT2D eigenvalue weighted by Gasteiger charge is 2.33. The third kappa shape index (κ3) is 4.27. The van der Waals surface area contributed by atoms with Gasteiger partial charge < -0.3 is 10.2 Å². The van der Waals surface area contributed by atoms with Crippen molar-refractivity contribution >= 4 is 23.3 Å². The number of rotatable bonds is 1. The summed E-state index contributed by atoms with van der Waals surface area (Å²) in [7, 11) is 0. The Kier molecular flexibility index (Phi) is 4.98. The molecule has 0 spiro atoms. The van der Waals surface area contributed by atoms with E-state index in [-0.39, 0.29) is 16.7 Å². The lowest BCUT2D eigenvalue weighted by Crippen LogP contribution is -2.35. The third-order valence-electron chi connectivity index (χ3n) is 3.42. The molecule has 0 unspecified atom stereocenters. The predicted octanol–water partition coefficient (Wildman–Crippen LogP) is 4.77. The molecule has 0 aliphatic carbocycles. The van der Waals surface area contributed by atoms with E-state index in [2.05, 4.69) is 5.32 Å². The van der Waals surface area contributed by atoms with Crippen LogP contribution in [0, 0.1) is 0 Å². The molecular formula is C14H16ClF3N2O. The zero-order valence-corrected chi connectivity index (χ0v) is 12.1. The molecule has 7 heteroatoms. The smallest absolute Gasteiger partial charge is 0.325 e. The predicted molar refractivity (Wildman–Crippen MR) is 75.5 cm³/mol. The van der Waals surface area contributed by atoms with Crippen molar-refractivity contribution in [3.8, 4) is 0 Å². The molecule has 3 nitrogen and oxygen atoms in total. The van der Waals surface area contributed by atoms with Crippen molar-refractivity contribution in [1.29, 1.82) is 0 Å². The monoisotopic (exact) mass is 320 g/mol. The van der Waals surface area contributed by atoms with Gasteiger partial charge in [-0.2, -0.15) is 13.2 Å². The van der Waals surface area contributed by atoms with Gasteiger partial charge in [0.25, 0.3) is 0 Å². The van der Waals surface area contributed by atoms with Gasteiger partial charge in [0.1, 0.15) is 0 Å². The van der Waals surface area contributed by atoms with Crippen LogP contribution in [0.2, 0.25) is 5.02 Å². The molecule has 0 radical (unpaired) electrons. The molecule has 0 bridgehead atoms. The average molecular weight is 321 g/mol. The van der Waals surface area contributed by atoms with E-state index < -0.39 is 11.7 Å². The lowest BCUT2D eigenvalue weighted by atomic mass is 10.2. The average Bonchev–Trinajstić information content (AvgIpc) is 2.68. The molecule has 1 fully saturated rings. The zero-order valence-electron chi connectivity index (χ0n) is 11.3. The molecule has 1 aliphatic rings. The summed E-state index contributed by atoms with van der Waals surface area (Å²) in [5.74, 6) is 0. The maximum absolute atomic E-state index is 12.8. The van der Waals surface area contributed by atoms with E-state index in [1.807, 2.05) is 0 Å². The Morgan fingerprint density at radius 3 is 2.33 bits per heavy atom. The number of urea groups is 1. The Hall–Kier alpha value is -1.43. The molecule has 1 aliphatic heterocycles. The normalized spacial score (nSPS) is 16.5. The number of carbonyl (C=O) groups excluding carboxylic acids is 1. The van der Waals surface area contributed by atoms with Gasteiger partial charge in [-0.05, 0) is 31.0 Å². The van der Waals surface area contributed by atoms with Crippen LogP contribution in [0.3, 0.4) is 0 Å². The lowest BCUT2D eigenvalue weighted by Gasteiger charge is -2.21. The van der Waals surface area contributed by atoms with Crippen LogP contribution in [0.15, 0.2) is 18.2 Å². The molecule has 1 heterocycles. The fourth-order valence-electron chi connectivity index (χ4n) is 2.30. The summed E-state index contributed by atoms with van der Waals surface area (Å²) in [5.41, 5.74) is -0.848. The first-order chi connectivity index (χ1) is 9.88. The van der Waals surface area contributed by atoms with Gasteiger partial charge in [0, 0.05) is 18.8 Å². The van der Waals surface area contributed by atoms with Crippen molar-refractivity contribution in [1.82, 2.24) is 4.90 Å². The molecule has 116 valence electrons. The van der Waals surface area contributed by atoms with E-state index in [1.165, 1.54) is 6.07 Å². The quantitative estimate of drug-likeness (QED) is 0.794. The van der Waals surface area contributed by atoms with Crippen molar-refractivity contribution in [2.75, 3.05) is 18.4 Å². The van der Waals surface area contributed by atoms with Crippen LogP contribution in [-0.4, -0.2) is 24.0 Å².